The van der Waals surface area contributed by atoms with Crippen molar-refractivity contribution in [2.24, 2.45) is 0 Å². The number of hydrogen-bond acceptors (Lipinski definition) is 2. The smallest absolute Gasteiger partial charge is 0.166 e. The van der Waals surface area contributed by atoms with Crippen LogP contribution in [-0.4, -0.2) is 25.5 Å². The third kappa shape index (κ3) is 5.04. The molecular weight excluding hydrogens is 293 g/mol. The van der Waals surface area contributed by atoms with Crippen molar-refractivity contribution in [3.63, 3.8) is 0 Å². The van der Waals surface area contributed by atoms with Gasteiger partial charge in [0, 0.05) is 25.1 Å². The molecule has 0 fully saturated rings. The van der Waals surface area contributed by atoms with Gasteiger partial charge >= 0.3 is 0 Å². The van der Waals surface area contributed by atoms with E-state index in [1.807, 2.05) is 32.0 Å². The van der Waals surface area contributed by atoms with Crippen molar-refractivity contribution >= 4 is 17.2 Å². The molecule has 1 heterocycles. The van der Waals surface area contributed by atoms with Crippen LogP contribution in [0.15, 0.2) is 48.5 Å². The Morgan fingerprint density at radius 1 is 0.957 bits per heavy atom. The van der Waals surface area contributed by atoms with Gasteiger partial charge in [0.25, 0.3) is 0 Å². The number of nitrogens with one attached hydrogen (secondary N) is 1. The normalized spacial score (nSPS) is 9.43. The fourth-order valence-corrected chi connectivity index (χ4v) is 2.03. The highest BCUT2D eigenvalue weighted by atomic mass is 19.1. The number of fused-ring (bicyclic) bond motifs is 1. The first-order valence-corrected chi connectivity index (χ1v) is 7.42. The second-order valence-corrected chi connectivity index (χ2v) is 4.56. The van der Waals surface area contributed by atoms with Crippen molar-refractivity contribution in [2.45, 2.75) is 13.8 Å². The van der Waals surface area contributed by atoms with Crippen LogP contribution in [0.25, 0.3) is 22.0 Å². The summed E-state index contributed by atoms with van der Waals surface area (Å²) in [7, 11) is 3.25. The summed E-state index contributed by atoms with van der Waals surface area (Å²) in [6.45, 7) is 4.00. The zero-order chi connectivity index (χ0) is 17.2. The third-order valence-corrected chi connectivity index (χ3v) is 2.95. The molecule has 0 bridgehead atoms. The summed E-state index contributed by atoms with van der Waals surface area (Å²) in [6.07, 6.45) is 0.789. The van der Waals surface area contributed by atoms with Gasteiger partial charge in [0.05, 0.1) is 5.69 Å². The lowest BCUT2D eigenvalue weighted by atomic mass is 10.0. The molecule has 0 aliphatic rings. The Balaban J connectivity index is 0.000000477. The zero-order valence-electron chi connectivity index (χ0n) is 13.9. The molecule has 3 nitrogen and oxygen atoms in total. The molecule has 2 aromatic carbocycles. The number of methoxy groups -OCH3 is 1. The topological polar surface area (TPSA) is 42.1 Å². The van der Waals surface area contributed by atoms with Crippen LogP contribution in [-0.2, 0) is 4.74 Å². The summed E-state index contributed by atoms with van der Waals surface area (Å²) in [6, 6.07) is 14.0. The Hall–Kier alpha value is -2.46. The Morgan fingerprint density at radius 2 is 1.52 bits per heavy atom. The van der Waals surface area contributed by atoms with Gasteiger partial charge < -0.3 is 9.72 Å². The van der Waals surface area contributed by atoms with Gasteiger partial charge in [-0.15, -0.1) is 0 Å². The van der Waals surface area contributed by atoms with Gasteiger partial charge in [-0.2, -0.15) is 0 Å². The minimum Gasteiger partial charge on any atom is -0.388 e. The summed E-state index contributed by atoms with van der Waals surface area (Å²) >= 11 is 0. The number of halogens is 1. The van der Waals surface area contributed by atoms with Crippen LogP contribution in [0.5, 0.6) is 0 Å². The first kappa shape index (κ1) is 18.6. The maximum atomic E-state index is 12.9. The van der Waals surface area contributed by atoms with E-state index >= 15 is 0 Å². The highest BCUT2D eigenvalue weighted by Crippen LogP contribution is 2.24. The summed E-state index contributed by atoms with van der Waals surface area (Å²) in [5.41, 5.74) is 3.39. The van der Waals surface area contributed by atoms with Crippen LogP contribution in [0.4, 0.5) is 4.39 Å². The Morgan fingerprint density at radius 3 is 2.09 bits per heavy atom. The molecule has 23 heavy (non-hydrogen) atoms. The van der Waals surface area contributed by atoms with Gasteiger partial charge in [-0.1, -0.05) is 38.1 Å². The molecule has 0 saturated carbocycles. The van der Waals surface area contributed by atoms with E-state index in [-0.39, 0.29) is 5.82 Å². The fourth-order valence-electron chi connectivity index (χ4n) is 2.03. The first-order chi connectivity index (χ1) is 11.2. The van der Waals surface area contributed by atoms with Crippen LogP contribution >= 0.6 is 0 Å². The molecular formula is C19H22FNO2. The van der Waals surface area contributed by atoms with E-state index in [0.29, 0.717) is 5.69 Å². The van der Waals surface area contributed by atoms with Crippen LogP contribution < -0.4 is 0 Å². The molecule has 3 rings (SSSR count). The molecule has 0 unspecified atom stereocenters. The largest absolute Gasteiger partial charge is 0.388 e. The lowest BCUT2D eigenvalue weighted by Gasteiger charge is -2.01. The fraction of sp³-hybridized carbons (Fsp3) is 0.211. The molecule has 3 aromatic rings. The van der Waals surface area contributed by atoms with E-state index in [0.717, 1.165) is 28.3 Å². The summed E-state index contributed by atoms with van der Waals surface area (Å²) in [5, 5.41) is 0.989. The highest BCUT2D eigenvalue weighted by Gasteiger charge is 2.03. The average molecular weight is 315 g/mol. The van der Waals surface area contributed by atoms with Crippen LogP contribution in [0.3, 0.4) is 0 Å². The lowest BCUT2D eigenvalue weighted by Crippen LogP contribution is -1.79. The monoisotopic (exact) mass is 315 g/mol. The third-order valence-electron chi connectivity index (χ3n) is 2.95. The van der Waals surface area contributed by atoms with Gasteiger partial charge in [-0.25, -0.2) is 4.39 Å². The zero-order valence-corrected chi connectivity index (χ0v) is 13.9. The second-order valence-electron chi connectivity index (χ2n) is 4.56. The molecule has 1 N–H and O–H groups in total. The number of rotatable bonds is 2. The van der Waals surface area contributed by atoms with Crippen LogP contribution in [0.1, 0.15) is 24.3 Å². The van der Waals surface area contributed by atoms with Gasteiger partial charge in [0.1, 0.15) is 5.82 Å². The molecule has 0 amide bonds. The number of carbonyl (C=O) groups excluding carboxylic acids is 1. The van der Waals surface area contributed by atoms with Crippen molar-refractivity contribution in [3.05, 3.63) is 60.0 Å². The SMILES string of the molecule is CC.COC.O=Cc1cc2ccc(-c3ccc(F)cc3)cc2[nH]1. The summed E-state index contributed by atoms with van der Waals surface area (Å²) in [5.74, 6) is -0.247. The Bertz CT molecular complexity index is 733. The number of aldehydes is 1. The highest BCUT2D eigenvalue weighted by molar-refractivity contribution is 5.90. The number of aromatic nitrogens is 1. The molecule has 4 heteroatoms. The van der Waals surface area contributed by atoms with Crippen molar-refractivity contribution < 1.29 is 13.9 Å². The number of aromatic amines is 1. The van der Waals surface area contributed by atoms with E-state index in [1.165, 1.54) is 12.1 Å². The predicted octanol–water partition coefficient (Wildman–Crippen LogP) is 5.08. The minimum absolute atomic E-state index is 0.247. The average Bonchev–Trinajstić information content (AvgIpc) is 3.00. The maximum absolute atomic E-state index is 12.9. The first-order valence-electron chi connectivity index (χ1n) is 7.42. The van der Waals surface area contributed by atoms with Gasteiger partial charge in [-0.05, 0) is 35.4 Å². The summed E-state index contributed by atoms with van der Waals surface area (Å²) < 4.78 is 17.1. The van der Waals surface area contributed by atoms with E-state index < -0.39 is 0 Å². The van der Waals surface area contributed by atoms with Gasteiger partial charge in [0.15, 0.2) is 6.29 Å². The molecule has 0 aliphatic heterocycles. The van der Waals surface area contributed by atoms with Crippen molar-refractivity contribution in [1.29, 1.82) is 0 Å². The quantitative estimate of drug-likeness (QED) is 0.670. The lowest BCUT2D eigenvalue weighted by molar-refractivity contribution is 0.112. The minimum atomic E-state index is -0.247. The number of carbonyl (C=O) groups is 1. The van der Waals surface area contributed by atoms with Crippen LogP contribution in [0.2, 0.25) is 0 Å². The molecule has 122 valence electrons. The van der Waals surface area contributed by atoms with E-state index in [4.69, 9.17) is 0 Å². The Labute approximate surface area is 136 Å². The second kappa shape index (κ2) is 9.54. The number of ether oxygens (including phenoxy) is 1. The molecule has 0 radical (unpaired) electrons. The number of benzene rings is 2. The van der Waals surface area contributed by atoms with Crippen LogP contribution in [0, 0.1) is 5.82 Å². The van der Waals surface area contributed by atoms with E-state index in [2.05, 4.69) is 9.72 Å². The number of H-pyrrole nitrogens is 1. The molecule has 0 aliphatic carbocycles. The maximum Gasteiger partial charge on any atom is 0.166 e. The number of hydrogen-bond donors (Lipinski definition) is 1. The van der Waals surface area contributed by atoms with E-state index in [9.17, 15) is 9.18 Å². The van der Waals surface area contributed by atoms with Gasteiger partial charge in [0.2, 0.25) is 0 Å². The molecule has 0 spiro atoms. The molecule has 1 aromatic heterocycles. The van der Waals surface area contributed by atoms with Crippen molar-refractivity contribution in [3.8, 4) is 11.1 Å². The molecule has 0 atom stereocenters. The van der Waals surface area contributed by atoms with Crippen molar-refractivity contribution in [1.82, 2.24) is 4.98 Å². The predicted molar refractivity (Wildman–Crippen MR) is 93.4 cm³/mol. The molecule has 0 saturated heterocycles. The van der Waals surface area contributed by atoms with Gasteiger partial charge in [-0.3, -0.25) is 4.79 Å². The Kier molecular flexibility index (Phi) is 7.71. The van der Waals surface area contributed by atoms with E-state index in [1.54, 1.807) is 32.4 Å². The standard InChI is InChI=1S/C15H10FNO.C2H6O.C2H6/c16-13-5-3-10(4-6-13)11-1-2-12-7-14(9-18)17-15(12)8-11;1-3-2;1-2/h1-9,17H;1-2H3;1-2H3. The summed E-state index contributed by atoms with van der Waals surface area (Å²) in [4.78, 5) is 13.7. The van der Waals surface area contributed by atoms with Crippen molar-refractivity contribution in [2.75, 3.05) is 14.2 Å².